The molecule has 0 saturated carbocycles. The van der Waals surface area contributed by atoms with Crippen LogP contribution in [0, 0.1) is 17.8 Å². The van der Waals surface area contributed by atoms with E-state index in [9.17, 15) is 43.2 Å². The minimum Gasteiger partial charge on any atom is -0.462 e. The highest BCUT2D eigenvalue weighted by Gasteiger charge is 2.30. The second kappa shape index (κ2) is 66.1. The lowest BCUT2D eigenvalue weighted by molar-refractivity contribution is -0.161. The molecule has 19 heteroatoms. The van der Waals surface area contributed by atoms with Crippen molar-refractivity contribution in [2.45, 2.75) is 381 Å². The van der Waals surface area contributed by atoms with Gasteiger partial charge in [-0.2, -0.15) is 0 Å². The number of hydrogen-bond acceptors (Lipinski definition) is 15. The molecule has 0 aromatic rings. The Kier molecular flexibility index (Phi) is 64.4. The summed E-state index contributed by atoms with van der Waals surface area (Å²) in [4.78, 5) is 72.8. The smallest absolute Gasteiger partial charge is 0.462 e. The van der Waals surface area contributed by atoms with Crippen molar-refractivity contribution < 1.29 is 80.2 Å². The molecule has 0 heterocycles. The Morgan fingerprint density at radius 3 is 0.853 bits per heavy atom. The van der Waals surface area contributed by atoms with Crippen molar-refractivity contribution in [1.82, 2.24) is 0 Å². The van der Waals surface area contributed by atoms with Crippen LogP contribution in [0.4, 0.5) is 0 Å². The monoisotopic (exact) mass is 1390 g/mol. The van der Waals surface area contributed by atoms with Crippen molar-refractivity contribution in [1.29, 1.82) is 0 Å². The molecule has 560 valence electrons. The Balaban J connectivity index is 5.28. The van der Waals surface area contributed by atoms with Crippen LogP contribution in [0.1, 0.15) is 363 Å². The van der Waals surface area contributed by atoms with E-state index in [0.29, 0.717) is 31.6 Å². The highest BCUT2D eigenvalue weighted by molar-refractivity contribution is 7.47. The Morgan fingerprint density at radius 2 is 0.568 bits per heavy atom. The number of allylic oxidation sites excluding steroid dienone is 4. The zero-order valence-corrected chi connectivity index (χ0v) is 63.4. The summed E-state index contributed by atoms with van der Waals surface area (Å²) in [6.45, 7) is 11.8. The minimum atomic E-state index is -4.97. The van der Waals surface area contributed by atoms with Gasteiger partial charge in [0.25, 0.3) is 0 Å². The first-order valence-corrected chi connectivity index (χ1v) is 41.7. The largest absolute Gasteiger partial charge is 0.472 e. The normalized spacial score (nSPS) is 14.2. The molecule has 0 aliphatic carbocycles. The van der Waals surface area contributed by atoms with Crippen molar-refractivity contribution in [3.63, 3.8) is 0 Å². The summed E-state index contributed by atoms with van der Waals surface area (Å²) < 4.78 is 68.4. The standard InChI is InChI=1S/C76H144O17P2/c1-8-9-10-11-12-13-14-15-16-20-25-30-35-43-50-57-73(78)86-63-71(92-75(80)59-52-45-36-31-26-21-18-17-19-23-28-33-40-47-54-67(2)3)65-90-94(82,83)88-61-70(77)62-89-95(84,85)91-66-72(64-87-74(79)58-51-44-39-38-42-49-56-69(6)7)93-76(81)60-53-46-37-32-27-22-24-29-34-41-48-55-68(4)5/h13-16,67-72,77H,8-12,17-66H2,1-7H3,(H,82,83)(H,84,85)/b14-13-,16-15-/t70-,71-,72-/m1/s1. The molecule has 0 amide bonds. The van der Waals surface area contributed by atoms with Crippen LogP contribution in [0.2, 0.25) is 0 Å². The second-order valence-electron chi connectivity index (χ2n) is 28.1. The number of rotatable bonds is 72. The fraction of sp³-hybridized carbons (Fsp3) is 0.895. The topological polar surface area (TPSA) is 237 Å². The van der Waals surface area contributed by atoms with E-state index in [2.05, 4.69) is 72.8 Å². The highest BCUT2D eigenvalue weighted by atomic mass is 31.2. The van der Waals surface area contributed by atoms with E-state index >= 15 is 0 Å². The van der Waals surface area contributed by atoms with Gasteiger partial charge < -0.3 is 33.8 Å². The van der Waals surface area contributed by atoms with Crippen LogP contribution < -0.4 is 0 Å². The molecule has 0 bridgehead atoms. The SMILES string of the molecule is CCCCCC/C=C\C=C/CCCCCCCC(=O)OC[C@H](COP(=O)(O)OC[C@@H](O)COP(=O)(O)OC[C@@H](COC(=O)CCCCCCCCC(C)C)OC(=O)CCCCCCCCCCCCCC(C)C)OC(=O)CCCCCCCCCCCCCCCCC(C)C. The van der Waals surface area contributed by atoms with Crippen molar-refractivity contribution in [2.24, 2.45) is 17.8 Å². The summed E-state index contributed by atoms with van der Waals surface area (Å²) in [6, 6.07) is 0. The minimum absolute atomic E-state index is 0.100. The van der Waals surface area contributed by atoms with Gasteiger partial charge in [0.15, 0.2) is 12.2 Å². The van der Waals surface area contributed by atoms with Gasteiger partial charge in [0.1, 0.15) is 19.3 Å². The van der Waals surface area contributed by atoms with Crippen LogP contribution in [-0.2, 0) is 65.4 Å². The first kappa shape index (κ1) is 92.5. The molecule has 0 spiro atoms. The fourth-order valence-electron chi connectivity index (χ4n) is 11.1. The van der Waals surface area contributed by atoms with Gasteiger partial charge in [-0.3, -0.25) is 37.3 Å². The molecule has 95 heavy (non-hydrogen) atoms. The molecule has 0 fully saturated rings. The summed E-state index contributed by atoms with van der Waals surface area (Å²) in [5.41, 5.74) is 0. The quantitative estimate of drug-likeness (QED) is 0.0169. The summed E-state index contributed by atoms with van der Waals surface area (Å²) in [5.74, 6) is 0.0843. The second-order valence-corrected chi connectivity index (χ2v) is 31.0. The van der Waals surface area contributed by atoms with Gasteiger partial charge in [-0.25, -0.2) is 9.13 Å². The van der Waals surface area contributed by atoms with Crippen molar-refractivity contribution >= 4 is 39.5 Å². The fourth-order valence-corrected chi connectivity index (χ4v) is 12.6. The number of carbonyl (C=O) groups is 4. The van der Waals surface area contributed by atoms with Gasteiger partial charge in [0, 0.05) is 25.7 Å². The Labute approximate surface area is 580 Å². The molecular formula is C76H144O17P2. The van der Waals surface area contributed by atoms with Gasteiger partial charge in [-0.1, -0.05) is 310 Å². The molecule has 0 aromatic carbocycles. The highest BCUT2D eigenvalue weighted by Crippen LogP contribution is 2.45. The first-order valence-electron chi connectivity index (χ1n) is 38.7. The Bertz CT molecular complexity index is 1950. The maximum absolute atomic E-state index is 13.1. The molecule has 0 aliphatic heterocycles. The average molecular weight is 1390 g/mol. The Hall–Kier alpha value is -2.46. The van der Waals surface area contributed by atoms with Crippen molar-refractivity contribution in [2.75, 3.05) is 39.6 Å². The van der Waals surface area contributed by atoms with Crippen LogP contribution in [0.5, 0.6) is 0 Å². The predicted molar refractivity (Wildman–Crippen MR) is 386 cm³/mol. The van der Waals surface area contributed by atoms with Crippen molar-refractivity contribution in [3.8, 4) is 0 Å². The van der Waals surface area contributed by atoms with Gasteiger partial charge in [0.2, 0.25) is 0 Å². The van der Waals surface area contributed by atoms with Crippen LogP contribution in [0.15, 0.2) is 24.3 Å². The van der Waals surface area contributed by atoms with E-state index in [1.807, 2.05) is 0 Å². The van der Waals surface area contributed by atoms with Gasteiger partial charge >= 0.3 is 39.5 Å². The lowest BCUT2D eigenvalue weighted by Crippen LogP contribution is -2.30. The molecule has 0 radical (unpaired) electrons. The van der Waals surface area contributed by atoms with Gasteiger partial charge in [0.05, 0.1) is 26.4 Å². The number of unbranched alkanes of at least 4 members (excludes halogenated alkanes) is 37. The molecule has 0 aliphatic rings. The lowest BCUT2D eigenvalue weighted by Gasteiger charge is -2.21. The summed E-state index contributed by atoms with van der Waals surface area (Å²) >= 11 is 0. The molecule has 0 saturated heterocycles. The van der Waals surface area contributed by atoms with Crippen LogP contribution in [-0.4, -0.2) is 96.7 Å². The average Bonchev–Trinajstić information content (AvgIpc) is 1.27. The van der Waals surface area contributed by atoms with E-state index in [1.54, 1.807) is 0 Å². The van der Waals surface area contributed by atoms with Gasteiger partial charge in [-0.15, -0.1) is 0 Å². The van der Waals surface area contributed by atoms with Crippen LogP contribution in [0.25, 0.3) is 0 Å². The van der Waals surface area contributed by atoms with E-state index in [-0.39, 0.29) is 25.7 Å². The third-order valence-corrected chi connectivity index (χ3v) is 18.9. The van der Waals surface area contributed by atoms with E-state index in [4.69, 9.17) is 37.0 Å². The number of ether oxygens (including phenoxy) is 4. The first-order chi connectivity index (χ1) is 45.7. The summed E-state index contributed by atoms with van der Waals surface area (Å²) in [7, 11) is -9.92. The zero-order valence-electron chi connectivity index (χ0n) is 61.6. The molecule has 3 N–H and O–H groups in total. The van der Waals surface area contributed by atoms with Crippen molar-refractivity contribution in [3.05, 3.63) is 24.3 Å². The Morgan fingerprint density at radius 1 is 0.326 bits per heavy atom. The number of hydrogen-bond donors (Lipinski definition) is 3. The van der Waals surface area contributed by atoms with Crippen LogP contribution in [0.3, 0.4) is 0 Å². The van der Waals surface area contributed by atoms with E-state index in [1.165, 1.54) is 148 Å². The third kappa shape index (κ3) is 69.8. The number of phosphoric acid groups is 2. The number of phosphoric ester groups is 2. The molecular weight excluding hydrogens is 1250 g/mol. The lowest BCUT2D eigenvalue weighted by atomic mass is 10.0. The maximum Gasteiger partial charge on any atom is 0.472 e. The predicted octanol–water partition coefficient (Wildman–Crippen LogP) is 21.7. The van der Waals surface area contributed by atoms with Crippen LogP contribution >= 0.6 is 15.6 Å². The number of esters is 4. The molecule has 0 aromatic heterocycles. The molecule has 17 nitrogen and oxygen atoms in total. The number of aliphatic hydroxyl groups is 1. The maximum atomic E-state index is 13.1. The van der Waals surface area contributed by atoms with E-state index in [0.717, 1.165) is 127 Å². The molecule has 5 atom stereocenters. The van der Waals surface area contributed by atoms with E-state index < -0.39 is 97.5 Å². The van der Waals surface area contributed by atoms with Gasteiger partial charge in [-0.05, 0) is 69.1 Å². The zero-order chi connectivity index (χ0) is 70.1. The number of aliphatic hydroxyl groups excluding tert-OH is 1. The number of carbonyl (C=O) groups excluding carboxylic acids is 4. The molecule has 2 unspecified atom stereocenters. The summed E-state index contributed by atoms with van der Waals surface area (Å²) in [6.07, 6.45) is 55.0. The molecule has 0 rings (SSSR count). The summed E-state index contributed by atoms with van der Waals surface area (Å²) in [5, 5.41) is 10.6. The third-order valence-electron chi connectivity index (χ3n) is 17.0.